The van der Waals surface area contributed by atoms with E-state index in [2.05, 4.69) is 30.3 Å². The van der Waals surface area contributed by atoms with Crippen molar-refractivity contribution < 1.29 is 0 Å². The molecule has 1 aliphatic heterocycles. The molecule has 0 radical (unpaired) electrons. The summed E-state index contributed by atoms with van der Waals surface area (Å²) in [5.41, 5.74) is 0.401. The molecule has 0 spiro atoms. The van der Waals surface area contributed by atoms with Gasteiger partial charge in [0.05, 0.1) is 0 Å². The highest BCUT2D eigenvalue weighted by Gasteiger charge is 2.31. The summed E-state index contributed by atoms with van der Waals surface area (Å²) in [6, 6.07) is 0. The molecule has 1 N–H and O–H groups in total. The maximum Gasteiger partial charge on any atom is 0.0304 e. The molecule has 1 heterocycles. The Kier molecular flexibility index (Phi) is 6.78. The van der Waals surface area contributed by atoms with Crippen molar-refractivity contribution in [2.75, 3.05) is 38.2 Å². The van der Waals surface area contributed by atoms with Crippen LogP contribution in [0.3, 0.4) is 0 Å². The van der Waals surface area contributed by atoms with Gasteiger partial charge in [0.1, 0.15) is 0 Å². The van der Waals surface area contributed by atoms with Gasteiger partial charge in [0.2, 0.25) is 0 Å². The van der Waals surface area contributed by atoms with Gasteiger partial charge in [0, 0.05) is 25.2 Å². The van der Waals surface area contributed by atoms with Crippen molar-refractivity contribution in [1.29, 1.82) is 0 Å². The van der Waals surface area contributed by atoms with E-state index in [0.717, 1.165) is 0 Å². The Bertz CT molecular complexity index is 181. The van der Waals surface area contributed by atoms with E-state index in [1.165, 1.54) is 57.6 Å². The summed E-state index contributed by atoms with van der Waals surface area (Å²) in [4.78, 5) is 2.66. The van der Waals surface area contributed by atoms with Crippen LogP contribution in [0, 0.1) is 0 Å². The van der Waals surface area contributed by atoms with Gasteiger partial charge in [-0.1, -0.05) is 13.8 Å². The summed E-state index contributed by atoms with van der Waals surface area (Å²) in [6.45, 7) is 9.58. The molecule has 16 heavy (non-hydrogen) atoms. The largest absolute Gasteiger partial charge is 0.309 e. The summed E-state index contributed by atoms with van der Waals surface area (Å²) >= 11 is 1.97. The maximum atomic E-state index is 3.72. The predicted molar refractivity (Wildman–Crippen MR) is 75.4 cm³/mol. The van der Waals surface area contributed by atoms with Gasteiger partial charge < -0.3 is 10.2 Å². The van der Waals surface area contributed by atoms with Crippen LogP contribution >= 0.6 is 11.8 Å². The van der Waals surface area contributed by atoms with Gasteiger partial charge in [-0.25, -0.2) is 0 Å². The van der Waals surface area contributed by atoms with Crippen LogP contribution in [0.4, 0.5) is 0 Å². The minimum Gasteiger partial charge on any atom is -0.309 e. The number of nitrogens with zero attached hydrogens (tertiary/aromatic N) is 1. The van der Waals surface area contributed by atoms with E-state index in [9.17, 15) is 0 Å². The number of nitrogens with one attached hydrogen (secondary N) is 1. The number of thioether (sulfide) groups is 1. The minimum atomic E-state index is 0.401. The van der Waals surface area contributed by atoms with Crippen molar-refractivity contribution in [3.63, 3.8) is 0 Å². The molecule has 0 unspecified atom stereocenters. The molecule has 2 nitrogen and oxygen atoms in total. The van der Waals surface area contributed by atoms with E-state index in [0.29, 0.717) is 5.54 Å². The van der Waals surface area contributed by atoms with E-state index in [4.69, 9.17) is 0 Å². The normalized spacial score (nSPS) is 21.2. The summed E-state index contributed by atoms with van der Waals surface area (Å²) < 4.78 is 0. The number of unbranched alkanes of at least 4 members (excludes halogenated alkanes) is 1. The fourth-order valence-corrected chi connectivity index (χ4v) is 3.03. The lowest BCUT2D eigenvalue weighted by Gasteiger charge is -2.43. The molecule has 0 aliphatic carbocycles. The molecule has 0 bridgehead atoms. The molecule has 0 aromatic rings. The Morgan fingerprint density at radius 2 is 2.00 bits per heavy atom. The Morgan fingerprint density at radius 1 is 1.25 bits per heavy atom. The van der Waals surface area contributed by atoms with Crippen molar-refractivity contribution >= 4 is 11.8 Å². The SMILES string of the molecule is CCC1(CC)CN(CCCCSC)CCN1. The molecule has 1 aliphatic rings. The standard InChI is InChI=1S/C13H28N2S/c1-4-13(5-2)12-15(10-8-14-13)9-6-7-11-16-3/h14H,4-12H2,1-3H3. The quantitative estimate of drug-likeness (QED) is 0.693. The summed E-state index contributed by atoms with van der Waals surface area (Å²) in [5.74, 6) is 1.32. The van der Waals surface area contributed by atoms with E-state index >= 15 is 0 Å². The van der Waals surface area contributed by atoms with Crippen LogP contribution < -0.4 is 5.32 Å². The Balaban J connectivity index is 2.27. The van der Waals surface area contributed by atoms with Gasteiger partial charge in [-0.05, 0) is 44.2 Å². The first-order valence-electron chi connectivity index (χ1n) is 6.72. The fourth-order valence-electron chi connectivity index (χ4n) is 2.54. The molecule has 0 aromatic heterocycles. The lowest BCUT2D eigenvalue weighted by atomic mass is 9.90. The number of rotatable bonds is 7. The monoisotopic (exact) mass is 244 g/mol. The smallest absolute Gasteiger partial charge is 0.0304 e. The zero-order valence-electron chi connectivity index (χ0n) is 11.2. The van der Waals surface area contributed by atoms with Crippen LogP contribution in [-0.4, -0.2) is 48.6 Å². The first-order chi connectivity index (χ1) is 7.76. The van der Waals surface area contributed by atoms with Gasteiger partial charge in [-0.2, -0.15) is 11.8 Å². The molecule has 1 rings (SSSR count). The molecular weight excluding hydrogens is 216 g/mol. The third-order valence-corrected chi connectivity index (χ3v) is 4.58. The van der Waals surface area contributed by atoms with Crippen molar-refractivity contribution in [2.45, 2.75) is 45.1 Å². The molecule has 0 aromatic carbocycles. The van der Waals surface area contributed by atoms with E-state index in [-0.39, 0.29) is 0 Å². The Morgan fingerprint density at radius 3 is 2.62 bits per heavy atom. The Hall–Kier alpha value is 0.270. The average molecular weight is 244 g/mol. The van der Waals surface area contributed by atoms with Gasteiger partial charge in [0.15, 0.2) is 0 Å². The molecule has 1 saturated heterocycles. The highest BCUT2D eigenvalue weighted by atomic mass is 32.2. The molecular formula is C13H28N2S. The minimum absolute atomic E-state index is 0.401. The van der Waals surface area contributed by atoms with Crippen molar-refractivity contribution in [1.82, 2.24) is 10.2 Å². The van der Waals surface area contributed by atoms with Gasteiger partial charge in [-0.3, -0.25) is 0 Å². The van der Waals surface area contributed by atoms with Gasteiger partial charge in [0.25, 0.3) is 0 Å². The number of hydrogen-bond acceptors (Lipinski definition) is 3. The second-order valence-corrected chi connectivity index (χ2v) is 5.88. The van der Waals surface area contributed by atoms with Crippen LogP contribution in [-0.2, 0) is 0 Å². The maximum absolute atomic E-state index is 3.72. The number of piperazine rings is 1. The first kappa shape index (κ1) is 14.3. The Labute approximate surface area is 106 Å². The molecule has 0 saturated carbocycles. The van der Waals surface area contributed by atoms with Crippen LogP contribution in [0.25, 0.3) is 0 Å². The van der Waals surface area contributed by atoms with Crippen molar-refractivity contribution in [3.05, 3.63) is 0 Å². The second-order valence-electron chi connectivity index (χ2n) is 4.89. The van der Waals surface area contributed by atoms with Crippen LogP contribution in [0.15, 0.2) is 0 Å². The molecule has 3 heteroatoms. The molecule has 1 fully saturated rings. The third kappa shape index (κ3) is 4.27. The molecule has 0 amide bonds. The predicted octanol–water partition coefficient (Wildman–Crippen LogP) is 2.59. The van der Waals surface area contributed by atoms with Gasteiger partial charge >= 0.3 is 0 Å². The van der Waals surface area contributed by atoms with Crippen LogP contribution in [0.2, 0.25) is 0 Å². The topological polar surface area (TPSA) is 15.3 Å². The van der Waals surface area contributed by atoms with Crippen molar-refractivity contribution in [3.8, 4) is 0 Å². The lowest BCUT2D eigenvalue weighted by Crippen LogP contribution is -2.59. The van der Waals surface area contributed by atoms with Crippen LogP contribution in [0.1, 0.15) is 39.5 Å². The lowest BCUT2D eigenvalue weighted by molar-refractivity contribution is 0.123. The summed E-state index contributed by atoms with van der Waals surface area (Å²) in [6.07, 6.45) is 7.44. The van der Waals surface area contributed by atoms with Gasteiger partial charge in [-0.15, -0.1) is 0 Å². The average Bonchev–Trinajstić information content (AvgIpc) is 2.35. The highest BCUT2D eigenvalue weighted by molar-refractivity contribution is 7.98. The zero-order chi connectivity index (χ0) is 11.9. The van der Waals surface area contributed by atoms with Crippen LogP contribution in [0.5, 0.6) is 0 Å². The fraction of sp³-hybridized carbons (Fsp3) is 1.00. The van der Waals surface area contributed by atoms with E-state index in [1.807, 2.05) is 11.8 Å². The highest BCUT2D eigenvalue weighted by Crippen LogP contribution is 2.20. The zero-order valence-corrected chi connectivity index (χ0v) is 12.0. The summed E-state index contributed by atoms with van der Waals surface area (Å²) in [7, 11) is 0. The van der Waals surface area contributed by atoms with E-state index < -0.39 is 0 Å². The molecule has 0 atom stereocenters. The number of hydrogen-bond donors (Lipinski definition) is 1. The summed E-state index contributed by atoms with van der Waals surface area (Å²) in [5, 5.41) is 3.72. The second kappa shape index (κ2) is 7.57. The molecule has 96 valence electrons. The third-order valence-electron chi connectivity index (χ3n) is 3.88. The first-order valence-corrected chi connectivity index (χ1v) is 8.12. The van der Waals surface area contributed by atoms with E-state index in [1.54, 1.807) is 0 Å². The van der Waals surface area contributed by atoms with Crippen molar-refractivity contribution in [2.24, 2.45) is 0 Å².